The van der Waals surface area contributed by atoms with Gasteiger partial charge >= 0.3 is 0 Å². The summed E-state index contributed by atoms with van der Waals surface area (Å²) in [6.07, 6.45) is 5.91. The second-order valence-electron chi connectivity index (χ2n) is 6.39. The van der Waals surface area contributed by atoms with Crippen LogP contribution in [-0.4, -0.2) is 44.5 Å². The maximum Gasteiger partial charge on any atom is 0.200 e. The Labute approximate surface area is 139 Å². The van der Waals surface area contributed by atoms with Gasteiger partial charge in [-0.3, -0.25) is 4.98 Å². The van der Waals surface area contributed by atoms with Gasteiger partial charge in [-0.15, -0.1) is 10.2 Å². The lowest BCUT2D eigenvalue weighted by Gasteiger charge is -2.34. The Balaban J connectivity index is 1.51. The molecule has 0 N–H and O–H groups in total. The maximum absolute atomic E-state index is 5.94. The molecule has 2 aliphatic rings. The number of pyridine rings is 1. The number of nitrogens with zero attached hydrogens (tertiary/aromatic N) is 6. The number of fused-ring (bicyclic) bond motifs is 1. The standard InChI is InChI=1S/C17H18N6O/c1-2-6-18-13(3-1)16-10-22(7-8-24-16)15-9-14(12-4-5-12)21-23-11-19-20-17(15)23/h1-3,6,9,11-12,16H,4-5,7-8,10H2. The molecular formula is C17H18N6O. The van der Waals surface area contributed by atoms with Crippen LogP contribution in [0.25, 0.3) is 5.65 Å². The summed E-state index contributed by atoms with van der Waals surface area (Å²) < 4.78 is 7.74. The van der Waals surface area contributed by atoms with Crippen LogP contribution >= 0.6 is 0 Å². The van der Waals surface area contributed by atoms with Gasteiger partial charge in [0.1, 0.15) is 12.4 Å². The van der Waals surface area contributed by atoms with Crippen LogP contribution in [0.1, 0.15) is 36.3 Å². The molecule has 5 rings (SSSR count). The molecule has 0 bridgehead atoms. The Morgan fingerprint density at radius 2 is 2.12 bits per heavy atom. The molecule has 0 radical (unpaired) electrons. The van der Waals surface area contributed by atoms with Crippen molar-refractivity contribution in [1.82, 2.24) is 24.8 Å². The van der Waals surface area contributed by atoms with E-state index in [9.17, 15) is 0 Å². The molecule has 24 heavy (non-hydrogen) atoms. The maximum atomic E-state index is 5.94. The smallest absolute Gasteiger partial charge is 0.200 e. The molecule has 122 valence electrons. The molecule has 1 atom stereocenters. The number of ether oxygens (including phenoxy) is 1. The summed E-state index contributed by atoms with van der Waals surface area (Å²) in [5.74, 6) is 0.586. The highest BCUT2D eigenvalue weighted by Crippen LogP contribution is 2.40. The van der Waals surface area contributed by atoms with Gasteiger partial charge in [0.2, 0.25) is 5.65 Å². The van der Waals surface area contributed by atoms with Crippen molar-refractivity contribution in [2.45, 2.75) is 24.9 Å². The summed E-state index contributed by atoms with van der Waals surface area (Å²) in [6.45, 7) is 2.26. The van der Waals surface area contributed by atoms with Crippen LogP contribution < -0.4 is 4.90 Å². The van der Waals surface area contributed by atoms with Crippen LogP contribution in [0.4, 0.5) is 5.69 Å². The largest absolute Gasteiger partial charge is 0.368 e. The Bertz CT molecular complexity index is 860. The lowest BCUT2D eigenvalue weighted by atomic mass is 10.1. The van der Waals surface area contributed by atoms with Crippen LogP contribution in [0.2, 0.25) is 0 Å². The second-order valence-corrected chi connectivity index (χ2v) is 6.39. The van der Waals surface area contributed by atoms with Crippen LogP contribution in [0.3, 0.4) is 0 Å². The van der Waals surface area contributed by atoms with Crippen molar-refractivity contribution in [3.8, 4) is 0 Å². The van der Waals surface area contributed by atoms with Gasteiger partial charge in [-0.05, 0) is 31.0 Å². The highest BCUT2D eigenvalue weighted by molar-refractivity contribution is 5.68. The average Bonchev–Trinajstić information content (AvgIpc) is 3.39. The number of rotatable bonds is 3. The van der Waals surface area contributed by atoms with E-state index in [0.29, 0.717) is 12.5 Å². The third kappa shape index (κ3) is 2.41. The fourth-order valence-corrected chi connectivity index (χ4v) is 3.25. The van der Waals surface area contributed by atoms with E-state index in [1.54, 1.807) is 10.8 Å². The molecule has 3 aromatic heterocycles. The van der Waals surface area contributed by atoms with Crippen LogP contribution in [0.15, 0.2) is 36.8 Å². The fourth-order valence-electron chi connectivity index (χ4n) is 3.25. The van der Waals surface area contributed by atoms with Gasteiger partial charge in [0.15, 0.2) is 0 Å². The summed E-state index contributed by atoms with van der Waals surface area (Å²) in [6, 6.07) is 8.12. The topological polar surface area (TPSA) is 68.4 Å². The lowest BCUT2D eigenvalue weighted by molar-refractivity contribution is 0.0371. The van der Waals surface area contributed by atoms with Crippen molar-refractivity contribution in [3.05, 3.63) is 48.2 Å². The molecular weight excluding hydrogens is 304 g/mol. The highest BCUT2D eigenvalue weighted by atomic mass is 16.5. The molecule has 7 heteroatoms. The number of hydrogen-bond donors (Lipinski definition) is 0. The molecule has 0 amide bonds. The average molecular weight is 322 g/mol. The highest BCUT2D eigenvalue weighted by Gasteiger charge is 2.29. The van der Waals surface area contributed by atoms with Crippen molar-refractivity contribution in [3.63, 3.8) is 0 Å². The van der Waals surface area contributed by atoms with Crippen molar-refractivity contribution in [1.29, 1.82) is 0 Å². The van der Waals surface area contributed by atoms with Gasteiger partial charge in [-0.1, -0.05) is 6.07 Å². The van der Waals surface area contributed by atoms with Gasteiger partial charge in [0.05, 0.1) is 30.2 Å². The number of aromatic nitrogens is 5. The van der Waals surface area contributed by atoms with Crippen molar-refractivity contribution < 1.29 is 4.74 Å². The number of hydrogen-bond acceptors (Lipinski definition) is 6. The molecule has 1 aliphatic carbocycles. The van der Waals surface area contributed by atoms with E-state index in [0.717, 1.165) is 35.8 Å². The zero-order chi connectivity index (χ0) is 15.9. The predicted molar refractivity (Wildman–Crippen MR) is 87.9 cm³/mol. The Hall–Kier alpha value is -2.54. The molecule has 1 saturated heterocycles. The van der Waals surface area contributed by atoms with E-state index < -0.39 is 0 Å². The Kier molecular flexibility index (Phi) is 3.19. The summed E-state index contributed by atoms with van der Waals surface area (Å²) in [5, 5.41) is 13.0. The molecule has 2 fully saturated rings. The van der Waals surface area contributed by atoms with Crippen molar-refractivity contribution in [2.75, 3.05) is 24.6 Å². The first-order valence-corrected chi connectivity index (χ1v) is 8.37. The first-order valence-electron chi connectivity index (χ1n) is 8.37. The quantitative estimate of drug-likeness (QED) is 0.734. The minimum absolute atomic E-state index is 0.0274. The van der Waals surface area contributed by atoms with Gasteiger partial charge < -0.3 is 9.64 Å². The summed E-state index contributed by atoms with van der Waals surface area (Å²) in [5.41, 5.74) is 4.00. The summed E-state index contributed by atoms with van der Waals surface area (Å²) >= 11 is 0. The molecule has 0 spiro atoms. The SMILES string of the molecule is c1ccc(C2CN(c3cc(C4CC4)nn4cnnc34)CCO2)nc1. The van der Waals surface area contributed by atoms with Crippen LogP contribution in [0.5, 0.6) is 0 Å². The molecule has 1 aliphatic heterocycles. The van der Waals surface area contributed by atoms with E-state index in [2.05, 4.69) is 31.2 Å². The molecule has 0 aromatic carbocycles. The first-order chi connectivity index (χ1) is 11.9. The van der Waals surface area contributed by atoms with E-state index >= 15 is 0 Å². The van der Waals surface area contributed by atoms with E-state index in [-0.39, 0.29) is 6.10 Å². The molecule has 1 unspecified atom stereocenters. The van der Waals surface area contributed by atoms with Crippen molar-refractivity contribution in [2.24, 2.45) is 0 Å². The number of anilines is 1. The normalized spacial score (nSPS) is 21.3. The minimum atomic E-state index is -0.0274. The van der Waals surface area contributed by atoms with Crippen molar-refractivity contribution >= 4 is 11.3 Å². The van der Waals surface area contributed by atoms with Crippen LogP contribution in [-0.2, 0) is 4.74 Å². The third-order valence-electron chi connectivity index (χ3n) is 4.69. The fraction of sp³-hybridized carbons (Fsp3) is 0.412. The first kappa shape index (κ1) is 13.9. The summed E-state index contributed by atoms with van der Waals surface area (Å²) in [4.78, 5) is 6.76. The lowest BCUT2D eigenvalue weighted by Crippen LogP contribution is -2.39. The Morgan fingerprint density at radius 1 is 1.17 bits per heavy atom. The Morgan fingerprint density at radius 3 is 2.96 bits per heavy atom. The monoisotopic (exact) mass is 322 g/mol. The zero-order valence-electron chi connectivity index (χ0n) is 13.2. The van der Waals surface area contributed by atoms with Gasteiger partial charge in [0.25, 0.3) is 0 Å². The van der Waals surface area contributed by atoms with E-state index in [1.807, 2.05) is 24.4 Å². The van der Waals surface area contributed by atoms with Gasteiger partial charge in [-0.25, -0.2) is 0 Å². The van der Waals surface area contributed by atoms with Crippen LogP contribution in [0, 0.1) is 0 Å². The van der Waals surface area contributed by atoms with Gasteiger partial charge in [-0.2, -0.15) is 9.61 Å². The molecule has 4 heterocycles. The molecule has 1 saturated carbocycles. The zero-order valence-corrected chi connectivity index (χ0v) is 13.2. The molecule has 3 aromatic rings. The summed E-state index contributed by atoms with van der Waals surface area (Å²) in [7, 11) is 0. The predicted octanol–water partition coefficient (Wildman–Crippen LogP) is 1.97. The number of morpholine rings is 1. The van der Waals surface area contributed by atoms with E-state index in [4.69, 9.17) is 4.74 Å². The third-order valence-corrected chi connectivity index (χ3v) is 4.69. The second kappa shape index (κ2) is 5.52. The molecule has 7 nitrogen and oxygen atoms in total. The van der Waals surface area contributed by atoms with E-state index in [1.165, 1.54) is 12.8 Å². The van der Waals surface area contributed by atoms with Gasteiger partial charge in [0, 0.05) is 18.7 Å². The minimum Gasteiger partial charge on any atom is -0.368 e.